The number of ether oxygens (including phenoxy) is 17. The van der Waals surface area contributed by atoms with Crippen LogP contribution in [0.1, 0.15) is 27.1 Å². The van der Waals surface area contributed by atoms with Crippen molar-refractivity contribution in [1.82, 2.24) is 25.6 Å². The highest BCUT2D eigenvalue weighted by Gasteiger charge is 2.59. The van der Waals surface area contributed by atoms with E-state index in [0.29, 0.717) is 56.6 Å². The van der Waals surface area contributed by atoms with Gasteiger partial charge in [0.15, 0.2) is 37.7 Å². The van der Waals surface area contributed by atoms with Gasteiger partial charge in [0, 0.05) is 30.8 Å². The van der Waals surface area contributed by atoms with Gasteiger partial charge < -0.3 is 183 Å². The van der Waals surface area contributed by atoms with Crippen LogP contribution >= 0.6 is 0 Å². The van der Waals surface area contributed by atoms with Crippen molar-refractivity contribution in [3.8, 4) is 12.0 Å². The minimum absolute atomic E-state index is 0.114. The molecule has 108 heavy (non-hydrogen) atoms. The molecule has 3 aromatic rings. The van der Waals surface area contributed by atoms with Crippen LogP contribution in [0.3, 0.4) is 0 Å². The zero-order chi connectivity index (χ0) is 77.5. The van der Waals surface area contributed by atoms with Gasteiger partial charge in [0.2, 0.25) is 5.95 Å². The van der Waals surface area contributed by atoms with Crippen LogP contribution in [0.25, 0.3) is 0 Å². The number of nitrogens with zero attached hydrogens (tertiary/aromatic N) is 5. The fourth-order valence-corrected chi connectivity index (χ4v) is 12.7. The molecule has 2 aromatic carbocycles. The van der Waals surface area contributed by atoms with Crippen LogP contribution in [0.15, 0.2) is 58.8 Å². The van der Waals surface area contributed by atoms with Gasteiger partial charge >= 0.3 is 12.0 Å². The lowest BCUT2D eigenvalue weighted by atomic mass is 9.93. The van der Waals surface area contributed by atoms with Crippen LogP contribution in [0, 0.1) is 0 Å². The SMILES string of the molecule is COc1nc(NCCCOCCOCCOCCNC(=O)c2ccc(N=Nc3ccc(C(=O)N[C@@H]4[C@@H](O)[C@H]5O[C@H]6[C@H](O)[C@@H](O)[C@@H](O[C@H]7[C@H](O)[C@@H](O)[C@@H](O[C@H]8[C@H](O)[C@@H](O)[C@@H](O[C@H]9[C@H](O)[C@@H](O)[C@@H](O[C@H]%10[C@H](O)[C@@H](O)[C@@H](O[C@@H]4[C@@H](CO)O5)O[C@@H]%10CO)O[C@@H]9CO)O[C@@H]8CO)O[C@@H]7CO)O[C@@H]6CO)cc3)cc2)nc(OC)n1. The molecule has 0 saturated carbocycles. The molecule has 22 fully saturated rings. The quantitative estimate of drug-likeness (QED) is 0.0249. The molecule has 0 aliphatic carbocycles. The van der Waals surface area contributed by atoms with Crippen molar-refractivity contribution in [3.63, 3.8) is 0 Å². The molecule has 2 amide bonds. The van der Waals surface area contributed by atoms with Gasteiger partial charge in [-0.3, -0.25) is 9.59 Å². The third kappa shape index (κ3) is 20.3. The van der Waals surface area contributed by atoms with Crippen LogP contribution in [-0.4, -0.2) is 404 Å². The number of methoxy groups -OCH3 is 2. The Morgan fingerprint density at radius 1 is 0.370 bits per heavy atom. The number of carbonyl (C=O) groups is 2. The third-order valence-corrected chi connectivity index (χ3v) is 18.5. The van der Waals surface area contributed by atoms with E-state index in [-0.39, 0.29) is 48.9 Å². The van der Waals surface area contributed by atoms with Crippen molar-refractivity contribution >= 4 is 29.1 Å². The van der Waals surface area contributed by atoms with Crippen molar-refractivity contribution in [1.29, 1.82) is 0 Å². The maximum absolute atomic E-state index is 14.4. The van der Waals surface area contributed by atoms with Gasteiger partial charge in [0.25, 0.3) is 11.8 Å². The summed E-state index contributed by atoms with van der Waals surface area (Å²) in [5.74, 6) is -1.05. The first kappa shape index (κ1) is 84.6. The second-order valence-corrected chi connectivity index (χ2v) is 25.7. The Labute approximate surface area is 614 Å². The molecule has 44 nitrogen and oxygen atoms in total. The molecule has 0 radical (unpaired) electrons. The number of anilines is 1. The Hall–Kier alpha value is -5.89. The summed E-state index contributed by atoms with van der Waals surface area (Å²) in [6.07, 6.45) is -58.0. The van der Waals surface area contributed by atoms with Crippen LogP contribution < -0.4 is 25.4 Å². The smallest absolute Gasteiger partial charge is 0.324 e. The number of hydrogen-bond acceptors (Lipinski definition) is 42. The molecular formula is C64H94N8O36. The highest BCUT2D eigenvalue weighted by molar-refractivity contribution is 5.95. The number of aromatic nitrogens is 3. The Morgan fingerprint density at radius 2 is 0.676 bits per heavy atom. The Balaban J connectivity index is 0.786. The summed E-state index contributed by atoms with van der Waals surface area (Å²) in [5.41, 5.74) is 0.754. The van der Waals surface area contributed by atoms with Crippen LogP contribution in [0.5, 0.6) is 12.0 Å². The predicted molar refractivity (Wildman–Crippen MR) is 349 cm³/mol. The standard InChI is InChI=1S/C64H94N8O36/c1-92-63-68-62(69-64(70-63)93-2)66-12-3-14-94-16-18-96-19-17-95-15-13-65-54(90)26-4-8-28(9-5-26)71-72-29-10-6-27(7-11-29)55(91)67-36-37(79)56-97-30(20-73)48(36)103-57-43(85)38(80)50(32(22-75)98-57)105-59-45(87)40(82)52(34(24-77)100-59)107-61-47(89)42(84)53(35(25-78)102-61)108-60-46(88)41(83)51(33(23-76)101-60)106-58-44(86)39(81)49(104-56)31(21-74)99-58/h4-11,30-53,56-61,73-89H,3,12-25H2,1-2H3,(H,65,90)(H,67,91)(H,66,68,69,70)/t30-,31-,32-,33-,34-,35-,36-,37-,38-,39-,40-,41-,42-,43-,44-,45-,46-,47-,48-,49-,50-,51-,52-,53-,56-,57-,58-,59-,60-,61-/m1/s1. The third-order valence-electron chi connectivity index (χ3n) is 18.5. The van der Waals surface area contributed by atoms with Crippen LogP contribution in [-0.2, 0) is 71.1 Å². The van der Waals surface area contributed by atoms with Crippen molar-refractivity contribution in [2.75, 3.05) is 112 Å². The normalized spacial score (nSPS) is 38.2. The highest BCUT2D eigenvalue weighted by atomic mass is 16.8. The first-order valence-corrected chi connectivity index (χ1v) is 34.6. The molecule has 25 rings (SSSR count). The average molecular weight is 1550 g/mol. The van der Waals surface area contributed by atoms with E-state index in [4.69, 9.17) is 80.5 Å². The number of amides is 2. The van der Waals surface area contributed by atoms with Crippen LogP contribution in [0.2, 0.25) is 0 Å². The van der Waals surface area contributed by atoms with Crippen molar-refractivity contribution in [3.05, 3.63) is 59.7 Å². The lowest BCUT2D eigenvalue weighted by Gasteiger charge is -2.51. The minimum atomic E-state index is -2.26. The van der Waals surface area contributed by atoms with Gasteiger partial charge in [-0.1, -0.05) is 0 Å². The zero-order valence-electron chi connectivity index (χ0n) is 58.1. The second kappa shape index (κ2) is 40.0. The summed E-state index contributed by atoms with van der Waals surface area (Å²) in [4.78, 5) is 39.4. The maximum atomic E-state index is 14.4. The summed E-state index contributed by atoms with van der Waals surface area (Å²) in [5, 5.41) is 208. The van der Waals surface area contributed by atoms with Gasteiger partial charge in [-0.2, -0.15) is 20.2 Å². The molecule has 12 bridgehead atoms. The van der Waals surface area contributed by atoms with E-state index in [1.165, 1.54) is 62.8 Å². The first-order chi connectivity index (χ1) is 52.1. The van der Waals surface area contributed by atoms with Gasteiger partial charge in [0.1, 0.15) is 140 Å². The van der Waals surface area contributed by atoms with E-state index < -0.39 is 230 Å². The Kier molecular flexibility index (Phi) is 31.3. The largest absolute Gasteiger partial charge is 0.467 e. The minimum Gasteiger partial charge on any atom is -0.467 e. The van der Waals surface area contributed by atoms with Crippen LogP contribution in [0.4, 0.5) is 17.3 Å². The van der Waals surface area contributed by atoms with Gasteiger partial charge in [0.05, 0.1) is 104 Å². The van der Waals surface area contributed by atoms with Crippen molar-refractivity contribution < 1.29 is 177 Å². The molecule has 22 aliphatic rings. The van der Waals surface area contributed by atoms with Crippen molar-refractivity contribution in [2.45, 2.75) is 191 Å². The summed E-state index contributed by atoms with van der Waals surface area (Å²) < 4.78 is 97.0. The molecule has 0 unspecified atom stereocenters. The molecule has 30 atom stereocenters. The van der Waals surface area contributed by atoms with E-state index >= 15 is 0 Å². The summed E-state index contributed by atoms with van der Waals surface area (Å²) in [6.45, 7) is -3.63. The predicted octanol–water partition coefficient (Wildman–Crippen LogP) is -9.72. The molecule has 1 aromatic heterocycles. The Bertz CT molecular complexity index is 3250. The summed E-state index contributed by atoms with van der Waals surface area (Å²) in [6, 6.07) is 9.88. The average Bonchev–Trinajstić information content (AvgIpc) is 0.768. The number of rotatable bonds is 27. The zero-order valence-corrected chi connectivity index (χ0v) is 58.1. The summed E-state index contributed by atoms with van der Waals surface area (Å²) in [7, 11) is 2.87. The molecule has 23 heterocycles. The van der Waals surface area contributed by atoms with Gasteiger partial charge in [-0.25, -0.2) is 0 Å². The van der Waals surface area contributed by atoms with E-state index in [9.17, 15) is 96.4 Å². The maximum Gasteiger partial charge on any atom is 0.324 e. The second-order valence-electron chi connectivity index (χ2n) is 25.7. The molecule has 44 heteroatoms. The summed E-state index contributed by atoms with van der Waals surface area (Å²) >= 11 is 0. The lowest BCUT2D eigenvalue weighted by Crippen LogP contribution is -2.70. The first-order valence-electron chi connectivity index (χ1n) is 34.6. The molecule has 606 valence electrons. The molecular weight excluding hydrogens is 1460 g/mol. The number of azo groups is 1. The fraction of sp³-hybridized carbons (Fsp3) is 0.734. The molecule has 22 saturated heterocycles. The van der Waals surface area contributed by atoms with Gasteiger partial charge in [-0.05, 0) is 55.0 Å². The van der Waals surface area contributed by atoms with Crippen molar-refractivity contribution in [2.24, 2.45) is 10.2 Å². The molecule has 0 spiro atoms. The number of hydrogen-bond donors (Lipinski definition) is 20. The number of benzene rings is 2. The highest BCUT2D eigenvalue weighted by Crippen LogP contribution is 2.39. The monoisotopic (exact) mass is 1550 g/mol. The number of aliphatic hydroxyl groups excluding tert-OH is 17. The van der Waals surface area contributed by atoms with Gasteiger partial charge in [-0.15, -0.1) is 4.98 Å². The van der Waals surface area contributed by atoms with E-state index in [0.717, 1.165) is 0 Å². The van der Waals surface area contributed by atoms with E-state index in [1.807, 2.05) is 0 Å². The number of aliphatic hydroxyl groups is 17. The topological polar surface area (TPSA) is 634 Å². The number of carbonyl (C=O) groups excluding carboxylic acids is 2. The van der Waals surface area contributed by atoms with E-state index in [2.05, 4.69) is 41.1 Å². The Morgan fingerprint density at radius 3 is 1.02 bits per heavy atom. The lowest BCUT2D eigenvalue weighted by molar-refractivity contribution is -0.401. The fourth-order valence-electron chi connectivity index (χ4n) is 12.7. The van der Waals surface area contributed by atoms with E-state index in [1.54, 1.807) is 0 Å². The molecule has 20 N–H and O–H groups in total. The number of nitrogens with one attached hydrogen (secondary N) is 3. The molecule has 22 aliphatic heterocycles.